The molecule has 1 N–H and O–H groups in total. The van der Waals surface area contributed by atoms with Crippen LogP contribution in [0.4, 0.5) is 0 Å². The van der Waals surface area contributed by atoms with Crippen LogP contribution in [-0.4, -0.2) is 28.0 Å². The summed E-state index contributed by atoms with van der Waals surface area (Å²) in [6, 6.07) is 1.59. The van der Waals surface area contributed by atoms with Gasteiger partial charge in [0.05, 0.1) is 18.9 Å². The van der Waals surface area contributed by atoms with Crippen LogP contribution in [0, 0.1) is 0 Å². The molecule has 14 heavy (non-hydrogen) atoms. The summed E-state index contributed by atoms with van der Waals surface area (Å²) < 4.78 is 6.22. The predicted octanol–water partition coefficient (Wildman–Crippen LogP) is 0.497. The highest BCUT2D eigenvalue weighted by atomic mass is 16.5. The van der Waals surface area contributed by atoms with Crippen LogP contribution in [-0.2, 0) is 11.3 Å². The summed E-state index contributed by atoms with van der Waals surface area (Å²) in [6.07, 6.45) is 1.11. The molecular formula is C9H12N2O3. The number of hydrogen-bond donors (Lipinski definition) is 1. The monoisotopic (exact) mass is 196 g/mol. The molecule has 1 atom stereocenters. The summed E-state index contributed by atoms with van der Waals surface area (Å²) in [5, 5.41) is 13.7. The van der Waals surface area contributed by atoms with Crippen LogP contribution in [0.2, 0.25) is 0 Å². The van der Waals surface area contributed by atoms with Gasteiger partial charge in [-0.25, -0.2) is 4.79 Å². The van der Waals surface area contributed by atoms with E-state index in [0.717, 1.165) is 19.4 Å². The van der Waals surface area contributed by atoms with Crippen molar-refractivity contribution in [1.29, 1.82) is 0 Å². The van der Waals surface area contributed by atoms with Gasteiger partial charge in [-0.3, -0.25) is 4.68 Å². The Balaban J connectivity index is 2.35. The highest BCUT2D eigenvalue weighted by Gasteiger charge is 2.22. The molecule has 0 amide bonds. The zero-order chi connectivity index (χ0) is 10.1. The minimum Gasteiger partial charge on any atom is -0.464 e. The Kier molecular flexibility index (Phi) is 2.25. The average Bonchev–Trinajstić information content (AvgIpc) is 2.62. The van der Waals surface area contributed by atoms with Gasteiger partial charge < -0.3 is 9.84 Å². The number of carbonyl (C=O) groups excluding carboxylic acids is 1. The lowest BCUT2D eigenvalue weighted by Gasteiger charge is -2.18. The topological polar surface area (TPSA) is 64.4 Å². The Labute approximate surface area is 81.3 Å². The lowest BCUT2D eigenvalue weighted by molar-refractivity contribution is 0.0592. The van der Waals surface area contributed by atoms with Crippen LogP contribution in [0.5, 0.6) is 0 Å². The van der Waals surface area contributed by atoms with Crippen molar-refractivity contribution >= 4 is 5.97 Å². The number of aliphatic hydroxyl groups is 1. The number of ether oxygens (including phenoxy) is 1. The van der Waals surface area contributed by atoms with Crippen molar-refractivity contribution in [3.63, 3.8) is 0 Å². The summed E-state index contributed by atoms with van der Waals surface area (Å²) >= 11 is 0. The van der Waals surface area contributed by atoms with Gasteiger partial charge in [-0.15, -0.1) is 0 Å². The van der Waals surface area contributed by atoms with Gasteiger partial charge in [0.2, 0.25) is 0 Å². The van der Waals surface area contributed by atoms with Gasteiger partial charge in [-0.1, -0.05) is 0 Å². The number of aryl methyl sites for hydroxylation is 1. The van der Waals surface area contributed by atoms with Crippen LogP contribution in [0.1, 0.15) is 35.1 Å². The molecular weight excluding hydrogens is 184 g/mol. The van der Waals surface area contributed by atoms with Gasteiger partial charge in [0, 0.05) is 6.54 Å². The molecule has 0 fully saturated rings. The maximum atomic E-state index is 11.2. The highest BCUT2D eigenvalue weighted by Crippen LogP contribution is 2.24. The summed E-state index contributed by atoms with van der Waals surface area (Å²) in [5.74, 6) is -0.459. The van der Waals surface area contributed by atoms with Crippen LogP contribution >= 0.6 is 0 Å². The van der Waals surface area contributed by atoms with E-state index in [-0.39, 0.29) is 5.69 Å². The number of rotatable bonds is 1. The lowest BCUT2D eigenvalue weighted by atomic mass is 10.1. The summed E-state index contributed by atoms with van der Waals surface area (Å²) in [6.45, 7) is 0.753. The standard InChI is InChI=1S/C9H12N2O3/c1-14-9(13)6-5-7-8(12)3-2-4-11(7)10-6/h5,8,12H,2-4H2,1H3/t8-/m0/s1. The fourth-order valence-corrected chi connectivity index (χ4v) is 1.67. The van der Waals surface area contributed by atoms with Gasteiger partial charge in [0.15, 0.2) is 5.69 Å². The molecule has 0 saturated heterocycles. The first-order valence-electron chi connectivity index (χ1n) is 4.56. The van der Waals surface area contributed by atoms with Gasteiger partial charge in [-0.05, 0) is 18.9 Å². The number of carbonyl (C=O) groups is 1. The van der Waals surface area contributed by atoms with E-state index in [1.807, 2.05) is 0 Å². The van der Waals surface area contributed by atoms with Crippen LogP contribution in [0.25, 0.3) is 0 Å². The van der Waals surface area contributed by atoms with Crippen molar-refractivity contribution in [3.05, 3.63) is 17.5 Å². The zero-order valence-electron chi connectivity index (χ0n) is 7.93. The molecule has 0 saturated carbocycles. The van der Waals surface area contributed by atoms with E-state index in [0.29, 0.717) is 5.69 Å². The first-order chi connectivity index (χ1) is 6.72. The molecule has 5 heteroatoms. The minimum atomic E-state index is -0.505. The van der Waals surface area contributed by atoms with Crippen molar-refractivity contribution in [2.45, 2.75) is 25.5 Å². The first kappa shape index (κ1) is 9.21. The van der Waals surface area contributed by atoms with E-state index in [9.17, 15) is 9.90 Å². The predicted molar refractivity (Wildman–Crippen MR) is 47.8 cm³/mol. The molecule has 1 aromatic heterocycles. The molecule has 5 nitrogen and oxygen atoms in total. The molecule has 1 aliphatic rings. The summed E-state index contributed by atoms with van der Waals surface area (Å²) in [4.78, 5) is 11.2. The van der Waals surface area contributed by atoms with Crippen LogP contribution < -0.4 is 0 Å². The second-order valence-corrected chi connectivity index (χ2v) is 3.33. The smallest absolute Gasteiger partial charge is 0.358 e. The van der Waals surface area contributed by atoms with E-state index in [1.54, 1.807) is 10.7 Å². The molecule has 76 valence electrons. The molecule has 0 bridgehead atoms. The molecule has 2 heterocycles. The quantitative estimate of drug-likeness (QED) is 0.664. The van der Waals surface area contributed by atoms with E-state index < -0.39 is 12.1 Å². The SMILES string of the molecule is COC(=O)c1cc2n(n1)CCC[C@@H]2O. The normalized spacial score (nSPS) is 20.3. The maximum absolute atomic E-state index is 11.2. The maximum Gasteiger partial charge on any atom is 0.358 e. The molecule has 0 radical (unpaired) electrons. The molecule has 1 aromatic rings. The Morgan fingerprint density at radius 2 is 2.57 bits per heavy atom. The fraction of sp³-hybridized carbons (Fsp3) is 0.556. The van der Waals surface area contributed by atoms with Crippen molar-refractivity contribution in [2.75, 3.05) is 7.11 Å². The second-order valence-electron chi connectivity index (χ2n) is 3.33. The lowest BCUT2D eigenvalue weighted by Crippen LogP contribution is -2.15. The first-order valence-corrected chi connectivity index (χ1v) is 4.56. The van der Waals surface area contributed by atoms with Crippen molar-refractivity contribution in [3.8, 4) is 0 Å². The Morgan fingerprint density at radius 3 is 3.21 bits per heavy atom. The van der Waals surface area contributed by atoms with Crippen molar-refractivity contribution < 1.29 is 14.6 Å². The minimum absolute atomic E-state index is 0.267. The van der Waals surface area contributed by atoms with E-state index in [2.05, 4.69) is 9.84 Å². The third-order valence-electron chi connectivity index (χ3n) is 2.39. The van der Waals surface area contributed by atoms with Gasteiger partial charge in [-0.2, -0.15) is 5.10 Å². The van der Waals surface area contributed by atoms with Crippen molar-refractivity contribution in [2.24, 2.45) is 0 Å². The molecule has 1 aliphatic heterocycles. The number of nitrogens with zero attached hydrogens (tertiary/aromatic N) is 2. The summed E-state index contributed by atoms with van der Waals surface area (Å²) in [7, 11) is 1.32. The number of esters is 1. The van der Waals surface area contributed by atoms with Crippen LogP contribution in [0.3, 0.4) is 0 Å². The van der Waals surface area contributed by atoms with Gasteiger partial charge >= 0.3 is 5.97 Å². The largest absolute Gasteiger partial charge is 0.464 e. The Morgan fingerprint density at radius 1 is 1.79 bits per heavy atom. The summed E-state index contributed by atoms with van der Waals surface area (Å²) in [5.41, 5.74) is 0.972. The van der Waals surface area contributed by atoms with E-state index in [4.69, 9.17) is 0 Å². The van der Waals surface area contributed by atoms with E-state index >= 15 is 0 Å². The van der Waals surface area contributed by atoms with Crippen molar-refractivity contribution in [1.82, 2.24) is 9.78 Å². The second kappa shape index (κ2) is 3.42. The molecule has 0 aromatic carbocycles. The molecule has 0 spiro atoms. The van der Waals surface area contributed by atoms with E-state index in [1.165, 1.54) is 7.11 Å². The average molecular weight is 196 g/mol. The highest BCUT2D eigenvalue weighted by molar-refractivity contribution is 5.87. The van der Waals surface area contributed by atoms with Crippen LogP contribution in [0.15, 0.2) is 6.07 Å². The number of fused-ring (bicyclic) bond motifs is 1. The number of aliphatic hydroxyl groups excluding tert-OH is 1. The number of hydrogen-bond acceptors (Lipinski definition) is 4. The zero-order valence-corrected chi connectivity index (χ0v) is 7.93. The fourth-order valence-electron chi connectivity index (χ4n) is 1.67. The van der Waals surface area contributed by atoms with Gasteiger partial charge in [0.1, 0.15) is 0 Å². The molecule has 0 unspecified atom stereocenters. The Bertz CT molecular complexity index is 359. The third kappa shape index (κ3) is 1.39. The number of methoxy groups -OCH3 is 1. The third-order valence-corrected chi connectivity index (χ3v) is 2.39. The number of aromatic nitrogens is 2. The molecule has 2 rings (SSSR count). The Hall–Kier alpha value is -1.36. The molecule has 0 aliphatic carbocycles. The van der Waals surface area contributed by atoms with Gasteiger partial charge in [0.25, 0.3) is 0 Å².